The van der Waals surface area contributed by atoms with Gasteiger partial charge < -0.3 is 10.6 Å². The maximum atomic E-state index is 12.2. The minimum absolute atomic E-state index is 0.0843. The van der Waals surface area contributed by atoms with Crippen LogP contribution in [-0.4, -0.2) is 18.4 Å². The summed E-state index contributed by atoms with van der Waals surface area (Å²) in [6.45, 7) is 4.46. The van der Waals surface area contributed by atoms with Gasteiger partial charge in [-0.05, 0) is 36.1 Å². The molecule has 0 spiro atoms. The summed E-state index contributed by atoms with van der Waals surface area (Å²) in [5, 5.41) is 5.78. The van der Waals surface area contributed by atoms with Gasteiger partial charge in [-0.1, -0.05) is 50.2 Å². The Hall–Kier alpha value is -2.62. The number of hydrogen-bond donors (Lipinski definition) is 2. The van der Waals surface area contributed by atoms with Crippen LogP contribution in [0.1, 0.15) is 41.8 Å². The number of nitrogens with one attached hydrogen (secondary N) is 2. The summed E-state index contributed by atoms with van der Waals surface area (Å²) < 4.78 is 0. The molecule has 126 valence electrons. The van der Waals surface area contributed by atoms with Crippen LogP contribution >= 0.6 is 0 Å². The minimum Gasteiger partial charge on any atom is -0.352 e. The first-order valence-electron chi connectivity index (χ1n) is 8.39. The van der Waals surface area contributed by atoms with Crippen molar-refractivity contribution in [1.82, 2.24) is 5.32 Å². The second-order valence-electron chi connectivity index (χ2n) is 5.58. The molecule has 2 aromatic rings. The molecule has 0 unspecified atom stereocenters. The van der Waals surface area contributed by atoms with Gasteiger partial charge in [-0.15, -0.1) is 0 Å². The molecule has 2 N–H and O–H groups in total. The van der Waals surface area contributed by atoms with Gasteiger partial charge in [0, 0.05) is 24.2 Å². The lowest BCUT2D eigenvalue weighted by atomic mass is 10.0. The zero-order valence-corrected chi connectivity index (χ0v) is 14.3. The third kappa shape index (κ3) is 4.69. The van der Waals surface area contributed by atoms with Crippen LogP contribution in [-0.2, 0) is 17.6 Å². The Balaban J connectivity index is 1.89. The maximum absolute atomic E-state index is 12.2. The van der Waals surface area contributed by atoms with Crippen LogP contribution in [0.25, 0.3) is 0 Å². The minimum atomic E-state index is -0.161. The lowest BCUT2D eigenvalue weighted by molar-refractivity contribution is -0.116. The van der Waals surface area contributed by atoms with E-state index in [1.165, 1.54) is 0 Å². The number of benzene rings is 2. The monoisotopic (exact) mass is 324 g/mol. The summed E-state index contributed by atoms with van der Waals surface area (Å²) >= 11 is 0. The van der Waals surface area contributed by atoms with Gasteiger partial charge in [0.2, 0.25) is 5.91 Å². The molecule has 2 aromatic carbocycles. The van der Waals surface area contributed by atoms with Gasteiger partial charge in [-0.3, -0.25) is 9.59 Å². The van der Waals surface area contributed by atoms with Crippen molar-refractivity contribution < 1.29 is 9.59 Å². The topological polar surface area (TPSA) is 58.2 Å². The molecular formula is C20H24N2O2. The molecule has 2 rings (SSSR count). The SMILES string of the molecule is CCc1cccc(CC)c1NC(=O)CCNC(=O)c1ccccc1. The van der Waals surface area contributed by atoms with Crippen LogP contribution < -0.4 is 10.6 Å². The highest BCUT2D eigenvalue weighted by atomic mass is 16.2. The molecule has 4 nitrogen and oxygen atoms in total. The number of carbonyl (C=O) groups is 2. The Labute approximate surface area is 143 Å². The summed E-state index contributed by atoms with van der Waals surface area (Å²) in [4.78, 5) is 24.1. The van der Waals surface area contributed by atoms with Crippen molar-refractivity contribution in [3.8, 4) is 0 Å². The highest BCUT2D eigenvalue weighted by Gasteiger charge is 2.10. The molecule has 0 saturated carbocycles. The van der Waals surface area contributed by atoms with E-state index in [9.17, 15) is 9.59 Å². The quantitative estimate of drug-likeness (QED) is 0.818. The standard InChI is InChI=1S/C20H24N2O2/c1-3-15-11-8-12-16(4-2)19(15)22-18(23)13-14-21-20(24)17-9-6-5-7-10-17/h5-12H,3-4,13-14H2,1-2H3,(H,21,24)(H,22,23). The Bertz CT molecular complexity index is 674. The van der Waals surface area contributed by atoms with Crippen molar-refractivity contribution in [3.63, 3.8) is 0 Å². The molecule has 0 bridgehead atoms. The fraction of sp³-hybridized carbons (Fsp3) is 0.300. The molecule has 0 heterocycles. The predicted molar refractivity (Wildman–Crippen MR) is 97.2 cm³/mol. The van der Waals surface area contributed by atoms with Gasteiger partial charge in [-0.25, -0.2) is 0 Å². The van der Waals surface area contributed by atoms with Crippen LogP contribution in [0.4, 0.5) is 5.69 Å². The van der Waals surface area contributed by atoms with Crippen LogP contribution in [0.2, 0.25) is 0 Å². The van der Waals surface area contributed by atoms with E-state index in [0.29, 0.717) is 12.1 Å². The first kappa shape index (κ1) is 17.7. The average molecular weight is 324 g/mol. The van der Waals surface area contributed by atoms with Crippen LogP contribution in [0.5, 0.6) is 0 Å². The number of rotatable bonds is 7. The van der Waals surface area contributed by atoms with Gasteiger partial charge in [0.15, 0.2) is 0 Å². The lowest BCUT2D eigenvalue weighted by Crippen LogP contribution is -2.27. The lowest BCUT2D eigenvalue weighted by Gasteiger charge is -2.14. The highest BCUT2D eigenvalue weighted by Crippen LogP contribution is 2.22. The van der Waals surface area contributed by atoms with Crippen LogP contribution in [0.15, 0.2) is 48.5 Å². The second-order valence-corrected chi connectivity index (χ2v) is 5.58. The van der Waals surface area contributed by atoms with Crippen LogP contribution in [0.3, 0.4) is 0 Å². The van der Waals surface area contributed by atoms with Gasteiger partial charge in [0.25, 0.3) is 5.91 Å². The fourth-order valence-corrected chi connectivity index (χ4v) is 2.59. The van der Waals surface area contributed by atoms with E-state index in [-0.39, 0.29) is 18.2 Å². The first-order valence-corrected chi connectivity index (χ1v) is 8.39. The molecule has 0 atom stereocenters. The third-order valence-electron chi connectivity index (χ3n) is 3.94. The first-order chi connectivity index (χ1) is 11.7. The van der Waals surface area contributed by atoms with Gasteiger partial charge in [0.1, 0.15) is 0 Å². The van der Waals surface area contributed by atoms with E-state index in [2.05, 4.69) is 24.5 Å². The smallest absolute Gasteiger partial charge is 0.251 e. The molecule has 2 amide bonds. The Morgan fingerprint density at radius 3 is 2.08 bits per heavy atom. The molecular weight excluding hydrogens is 300 g/mol. The number of anilines is 1. The number of aryl methyl sites for hydroxylation is 2. The molecule has 0 aliphatic rings. The number of para-hydroxylation sites is 1. The van der Waals surface area contributed by atoms with Crippen molar-refractivity contribution in [2.75, 3.05) is 11.9 Å². The molecule has 0 saturated heterocycles. The van der Waals surface area contributed by atoms with Crippen molar-refractivity contribution in [1.29, 1.82) is 0 Å². The molecule has 4 heteroatoms. The van der Waals surface area contributed by atoms with Gasteiger partial charge in [0.05, 0.1) is 0 Å². The van der Waals surface area contributed by atoms with Crippen molar-refractivity contribution in [3.05, 3.63) is 65.2 Å². The molecule has 0 aromatic heterocycles. The maximum Gasteiger partial charge on any atom is 0.251 e. The van der Waals surface area contributed by atoms with E-state index >= 15 is 0 Å². The largest absolute Gasteiger partial charge is 0.352 e. The molecule has 0 radical (unpaired) electrons. The van der Waals surface area contributed by atoms with Crippen molar-refractivity contribution >= 4 is 17.5 Å². The Kier molecular flexibility index (Phi) is 6.55. The number of carbonyl (C=O) groups excluding carboxylic acids is 2. The fourth-order valence-electron chi connectivity index (χ4n) is 2.59. The normalized spacial score (nSPS) is 10.2. The summed E-state index contributed by atoms with van der Waals surface area (Å²) in [5.41, 5.74) is 3.79. The highest BCUT2D eigenvalue weighted by molar-refractivity contribution is 5.95. The third-order valence-corrected chi connectivity index (χ3v) is 3.94. The molecule has 0 aliphatic heterocycles. The zero-order valence-electron chi connectivity index (χ0n) is 14.3. The molecule has 0 fully saturated rings. The van der Waals surface area contributed by atoms with Gasteiger partial charge in [-0.2, -0.15) is 0 Å². The number of amides is 2. The van der Waals surface area contributed by atoms with E-state index in [0.717, 1.165) is 29.7 Å². The second kappa shape index (κ2) is 8.87. The Morgan fingerprint density at radius 1 is 0.875 bits per heavy atom. The molecule has 24 heavy (non-hydrogen) atoms. The van der Waals surface area contributed by atoms with Crippen molar-refractivity contribution in [2.45, 2.75) is 33.1 Å². The summed E-state index contributed by atoms with van der Waals surface area (Å²) in [7, 11) is 0. The van der Waals surface area contributed by atoms with Gasteiger partial charge >= 0.3 is 0 Å². The van der Waals surface area contributed by atoms with Crippen molar-refractivity contribution in [2.24, 2.45) is 0 Å². The van der Waals surface area contributed by atoms with Crippen LogP contribution in [0, 0.1) is 0 Å². The van der Waals surface area contributed by atoms with E-state index < -0.39 is 0 Å². The zero-order chi connectivity index (χ0) is 17.4. The van der Waals surface area contributed by atoms with E-state index in [4.69, 9.17) is 0 Å². The summed E-state index contributed by atoms with van der Waals surface area (Å²) in [5.74, 6) is -0.245. The average Bonchev–Trinajstić information content (AvgIpc) is 2.62. The van der Waals surface area contributed by atoms with E-state index in [1.807, 2.05) is 36.4 Å². The predicted octanol–water partition coefficient (Wildman–Crippen LogP) is 3.57. The molecule has 0 aliphatic carbocycles. The summed E-state index contributed by atoms with van der Waals surface area (Å²) in [6.07, 6.45) is 1.99. The number of hydrogen-bond acceptors (Lipinski definition) is 2. The Morgan fingerprint density at radius 2 is 1.50 bits per heavy atom. The van der Waals surface area contributed by atoms with E-state index in [1.54, 1.807) is 12.1 Å². The summed E-state index contributed by atoms with van der Waals surface area (Å²) in [6, 6.07) is 15.1.